The molecule has 0 fully saturated rings. The highest BCUT2D eigenvalue weighted by molar-refractivity contribution is 5.83. The summed E-state index contributed by atoms with van der Waals surface area (Å²) in [7, 11) is 0. The van der Waals surface area contributed by atoms with Crippen LogP contribution in [0.2, 0.25) is 0 Å². The molecule has 0 aliphatic carbocycles. The van der Waals surface area contributed by atoms with Gasteiger partial charge in [0.2, 0.25) is 0 Å². The summed E-state index contributed by atoms with van der Waals surface area (Å²) in [6.07, 6.45) is 1.89. The fraction of sp³-hybridized carbons (Fsp3) is 0.0385. The highest BCUT2D eigenvalue weighted by atomic mass is 16.5. The molecule has 0 heterocycles. The molecule has 0 saturated carbocycles. The summed E-state index contributed by atoms with van der Waals surface area (Å²) in [6.45, 7) is 0.579. The average molecular weight is 363 g/mol. The lowest BCUT2D eigenvalue weighted by Gasteiger charge is -2.08. The van der Waals surface area contributed by atoms with Gasteiger partial charge in [-0.15, -0.1) is 0 Å². The van der Waals surface area contributed by atoms with Gasteiger partial charge in [-0.2, -0.15) is 0 Å². The lowest BCUT2D eigenvalue weighted by atomic mass is 10.0. The predicted octanol–water partition coefficient (Wildman–Crippen LogP) is 6.68. The first-order valence-corrected chi connectivity index (χ1v) is 9.33. The first-order chi connectivity index (χ1) is 13.9. The molecule has 2 nitrogen and oxygen atoms in total. The van der Waals surface area contributed by atoms with Gasteiger partial charge in [0.15, 0.2) is 0 Å². The zero-order valence-corrected chi connectivity index (χ0v) is 15.5. The topological polar surface area (TPSA) is 21.6 Å². The Hall–Kier alpha value is -3.65. The van der Waals surface area contributed by atoms with E-state index in [4.69, 9.17) is 4.74 Å². The summed E-state index contributed by atoms with van der Waals surface area (Å²) in [5, 5.41) is 0. The zero-order chi connectivity index (χ0) is 19.0. The Labute approximate surface area is 165 Å². The molecule has 0 aliphatic heterocycles. The Balaban J connectivity index is 1.39. The molecule has 0 spiro atoms. The number of aliphatic imine (C=N–C) groups is 1. The number of hydrogen-bond acceptors (Lipinski definition) is 2. The van der Waals surface area contributed by atoms with Crippen molar-refractivity contribution >= 4 is 11.9 Å². The molecule has 136 valence electrons. The molecule has 0 unspecified atom stereocenters. The lowest BCUT2D eigenvalue weighted by molar-refractivity contribution is 0.306. The highest BCUT2D eigenvalue weighted by Gasteiger charge is 2.00. The third-order valence-corrected chi connectivity index (χ3v) is 4.47. The number of para-hydroxylation sites is 1. The van der Waals surface area contributed by atoms with Crippen LogP contribution in [0.5, 0.6) is 5.75 Å². The summed E-state index contributed by atoms with van der Waals surface area (Å²) in [4.78, 5) is 4.49. The fourth-order valence-electron chi connectivity index (χ4n) is 2.91. The third kappa shape index (κ3) is 4.74. The minimum atomic E-state index is 0.579. The van der Waals surface area contributed by atoms with Gasteiger partial charge in [-0.25, -0.2) is 0 Å². The molecular weight excluding hydrogens is 342 g/mol. The lowest BCUT2D eigenvalue weighted by Crippen LogP contribution is -1.94. The first-order valence-electron chi connectivity index (χ1n) is 9.33. The second kappa shape index (κ2) is 8.83. The summed E-state index contributed by atoms with van der Waals surface area (Å²) < 4.78 is 5.86. The zero-order valence-electron chi connectivity index (χ0n) is 15.5. The van der Waals surface area contributed by atoms with Gasteiger partial charge in [0, 0.05) is 6.21 Å². The molecular formula is C26H21NO. The van der Waals surface area contributed by atoms with E-state index in [0.717, 1.165) is 17.0 Å². The van der Waals surface area contributed by atoms with Gasteiger partial charge >= 0.3 is 0 Å². The Bertz CT molecular complexity index is 1020. The van der Waals surface area contributed by atoms with Gasteiger partial charge < -0.3 is 4.74 Å². The van der Waals surface area contributed by atoms with Gasteiger partial charge in [-0.1, -0.05) is 84.9 Å². The van der Waals surface area contributed by atoms with E-state index < -0.39 is 0 Å². The summed E-state index contributed by atoms with van der Waals surface area (Å²) in [5.41, 5.74) is 5.54. The Kier molecular flexibility index (Phi) is 5.60. The van der Waals surface area contributed by atoms with Crippen LogP contribution < -0.4 is 4.74 Å². The second-order valence-electron chi connectivity index (χ2n) is 6.51. The van der Waals surface area contributed by atoms with Gasteiger partial charge in [0.05, 0.1) is 5.69 Å². The number of hydrogen-bond donors (Lipinski definition) is 0. The van der Waals surface area contributed by atoms with E-state index in [1.54, 1.807) is 0 Å². The molecule has 28 heavy (non-hydrogen) atoms. The monoisotopic (exact) mass is 363 g/mol. The van der Waals surface area contributed by atoms with E-state index >= 15 is 0 Å². The molecule has 4 rings (SSSR count). The van der Waals surface area contributed by atoms with E-state index in [2.05, 4.69) is 53.5 Å². The third-order valence-electron chi connectivity index (χ3n) is 4.47. The molecule has 0 N–H and O–H groups in total. The van der Waals surface area contributed by atoms with Crippen LogP contribution in [0, 0.1) is 0 Å². The van der Waals surface area contributed by atoms with Crippen molar-refractivity contribution in [2.24, 2.45) is 4.99 Å². The van der Waals surface area contributed by atoms with E-state index in [1.807, 2.05) is 66.9 Å². The van der Waals surface area contributed by atoms with Crippen LogP contribution in [0.15, 0.2) is 114 Å². The molecule has 4 aromatic carbocycles. The molecule has 0 aromatic heterocycles. The Morgan fingerprint density at radius 1 is 0.607 bits per heavy atom. The number of rotatable bonds is 6. The number of benzene rings is 4. The van der Waals surface area contributed by atoms with Crippen molar-refractivity contribution in [2.75, 3.05) is 0 Å². The Morgan fingerprint density at radius 2 is 1.18 bits per heavy atom. The van der Waals surface area contributed by atoms with Crippen LogP contribution in [0.1, 0.15) is 11.1 Å². The summed E-state index contributed by atoms with van der Waals surface area (Å²) in [6, 6.07) is 36.8. The smallest absolute Gasteiger partial charge is 0.119 e. The minimum Gasteiger partial charge on any atom is -0.489 e. The van der Waals surface area contributed by atoms with Gasteiger partial charge in [0.25, 0.3) is 0 Å². The second-order valence-corrected chi connectivity index (χ2v) is 6.51. The van der Waals surface area contributed by atoms with Crippen LogP contribution in [-0.4, -0.2) is 6.21 Å². The van der Waals surface area contributed by atoms with Crippen LogP contribution in [0.3, 0.4) is 0 Å². The van der Waals surface area contributed by atoms with Crippen LogP contribution >= 0.6 is 0 Å². The quantitative estimate of drug-likeness (QED) is 0.350. The normalized spacial score (nSPS) is 10.9. The predicted molar refractivity (Wildman–Crippen MR) is 116 cm³/mol. The molecule has 2 heteroatoms. The van der Waals surface area contributed by atoms with Crippen molar-refractivity contribution in [3.63, 3.8) is 0 Å². The molecule has 4 aromatic rings. The van der Waals surface area contributed by atoms with Crippen LogP contribution in [0.25, 0.3) is 11.1 Å². The van der Waals surface area contributed by atoms with Crippen molar-refractivity contribution in [3.8, 4) is 16.9 Å². The molecule has 0 aliphatic rings. The molecule has 0 saturated heterocycles. The highest BCUT2D eigenvalue weighted by Crippen LogP contribution is 2.23. The van der Waals surface area contributed by atoms with E-state index in [0.29, 0.717) is 6.61 Å². The van der Waals surface area contributed by atoms with E-state index in [-0.39, 0.29) is 0 Å². The Morgan fingerprint density at radius 3 is 1.82 bits per heavy atom. The molecule has 0 radical (unpaired) electrons. The average Bonchev–Trinajstić information content (AvgIpc) is 2.78. The van der Waals surface area contributed by atoms with Crippen molar-refractivity contribution in [1.82, 2.24) is 0 Å². The maximum Gasteiger partial charge on any atom is 0.119 e. The summed E-state index contributed by atoms with van der Waals surface area (Å²) in [5.74, 6) is 0.874. The largest absolute Gasteiger partial charge is 0.489 e. The van der Waals surface area contributed by atoms with Gasteiger partial charge in [-0.3, -0.25) is 4.99 Å². The molecule has 0 bridgehead atoms. The van der Waals surface area contributed by atoms with Crippen molar-refractivity contribution < 1.29 is 4.74 Å². The van der Waals surface area contributed by atoms with Gasteiger partial charge in [-0.05, 0) is 46.5 Å². The van der Waals surface area contributed by atoms with E-state index in [9.17, 15) is 0 Å². The maximum absolute atomic E-state index is 5.86. The fourth-order valence-corrected chi connectivity index (χ4v) is 2.91. The van der Waals surface area contributed by atoms with Gasteiger partial charge in [0.1, 0.15) is 12.4 Å². The number of nitrogens with zero attached hydrogens (tertiary/aromatic N) is 1. The molecule has 0 amide bonds. The van der Waals surface area contributed by atoms with E-state index in [1.165, 1.54) is 16.7 Å². The number of ether oxygens (including phenoxy) is 1. The standard InChI is InChI=1S/C26H21NO/c1-3-7-22(8-4-1)20-28-26-17-15-24(16-18-26)23-13-11-21(12-14-23)19-27-25-9-5-2-6-10-25/h1-19H,20H2. The van der Waals surface area contributed by atoms with Crippen molar-refractivity contribution in [2.45, 2.75) is 6.61 Å². The van der Waals surface area contributed by atoms with Crippen LogP contribution in [0.4, 0.5) is 5.69 Å². The first kappa shape index (κ1) is 17.7. The van der Waals surface area contributed by atoms with Crippen molar-refractivity contribution in [1.29, 1.82) is 0 Å². The van der Waals surface area contributed by atoms with Crippen molar-refractivity contribution in [3.05, 3.63) is 120 Å². The maximum atomic E-state index is 5.86. The molecule has 0 atom stereocenters. The SMILES string of the molecule is C(=Nc1ccccc1)c1ccc(-c2ccc(OCc3ccccc3)cc2)cc1. The van der Waals surface area contributed by atoms with Crippen LogP contribution in [-0.2, 0) is 6.61 Å². The minimum absolute atomic E-state index is 0.579. The summed E-state index contributed by atoms with van der Waals surface area (Å²) >= 11 is 0.